The van der Waals surface area contributed by atoms with Gasteiger partial charge in [-0.25, -0.2) is 4.98 Å². The number of fused-ring (bicyclic) bond motifs is 1. The molecule has 3 nitrogen and oxygen atoms in total. The lowest BCUT2D eigenvalue weighted by Crippen LogP contribution is -2.23. The molecule has 90 valence electrons. The third kappa shape index (κ3) is 2.74. The summed E-state index contributed by atoms with van der Waals surface area (Å²) in [4.78, 5) is 4.26. The first kappa shape index (κ1) is 11.9. The van der Waals surface area contributed by atoms with Crippen molar-refractivity contribution in [1.29, 1.82) is 0 Å². The van der Waals surface area contributed by atoms with Gasteiger partial charge in [0.2, 0.25) is 5.88 Å². The van der Waals surface area contributed by atoms with Crippen molar-refractivity contribution in [1.82, 2.24) is 4.98 Å². The SMILES string of the molecule is CC(C)(C)Oc1nccc2cc(CO)ccc12. The van der Waals surface area contributed by atoms with Gasteiger partial charge in [-0.2, -0.15) is 0 Å². The van der Waals surface area contributed by atoms with E-state index >= 15 is 0 Å². The molecule has 2 aromatic rings. The van der Waals surface area contributed by atoms with Gasteiger partial charge in [-0.15, -0.1) is 0 Å². The number of aromatic nitrogens is 1. The molecule has 17 heavy (non-hydrogen) atoms. The number of benzene rings is 1. The van der Waals surface area contributed by atoms with Crippen molar-refractivity contribution in [2.24, 2.45) is 0 Å². The number of rotatable bonds is 2. The Kier molecular flexibility index (Phi) is 3.03. The molecule has 0 saturated carbocycles. The smallest absolute Gasteiger partial charge is 0.221 e. The van der Waals surface area contributed by atoms with Crippen molar-refractivity contribution in [2.75, 3.05) is 0 Å². The highest BCUT2D eigenvalue weighted by Crippen LogP contribution is 2.26. The van der Waals surface area contributed by atoms with Crippen molar-refractivity contribution >= 4 is 10.8 Å². The molecule has 0 bridgehead atoms. The zero-order chi connectivity index (χ0) is 12.5. The monoisotopic (exact) mass is 231 g/mol. The van der Waals surface area contributed by atoms with E-state index in [0.29, 0.717) is 5.88 Å². The van der Waals surface area contributed by atoms with Crippen LogP contribution in [0.15, 0.2) is 30.5 Å². The molecule has 1 N–H and O–H groups in total. The summed E-state index contributed by atoms with van der Waals surface area (Å²) in [6.07, 6.45) is 1.73. The summed E-state index contributed by atoms with van der Waals surface area (Å²) in [6.45, 7) is 6.04. The lowest BCUT2D eigenvalue weighted by Gasteiger charge is -2.21. The van der Waals surface area contributed by atoms with E-state index < -0.39 is 0 Å². The second kappa shape index (κ2) is 4.34. The Morgan fingerprint density at radius 2 is 2.00 bits per heavy atom. The Labute approximate surface area is 101 Å². The van der Waals surface area contributed by atoms with Gasteiger partial charge < -0.3 is 9.84 Å². The maximum atomic E-state index is 9.11. The molecule has 0 aliphatic rings. The van der Waals surface area contributed by atoms with Crippen LogP contribution in [0.2, 0.25) is 0 Å². The van der Waals surface area contributed by atoms with Crippen molar-refractivity contribution in [3.05, 3.63) is 36.0 Å². The quantitative estimate of drug-likeness (QED) is 0.864. The van der Waals surface area contributed by atoms with Gasteiger partial charge in [-0.05, 0) is 49.9 Å². The van der Waals surface area contributed by atoms with Gasteiger partial charge in [-0.1, -0.05) is 6.07 Å². The van der Waals surface area contributed by atoms with Crippen LogP contribution in [0.1, 0.15) is 26.3 Å². The molecular weight excluding hydrogens is 214 g/mol. The summed E-state index contributed by atoms with van der Waals surface area (Å²) in [7, 11) is 0. The Morgan fingerprint density at radius 1 is 1.24 bits per heavy atom. The highest BCUT2D eigenvalue weighted by atomic mass is 16.5. The maximum Gasteiger partial charge on any atom is 0.221 e. The van der Waals surface area contributed by atoms with Crippen molar-refractivity contribution in [3.8, 4) is 5.88 Å². The molecule has 0 aliphatic carbocycles. The lowest BCUT2D eigenvalue weighted by atomic mass is 10.1. The molecule has 0 unspecified atom stereocenters. The van der Waals surface area contributed by atoms with Gasteiger partial charge in [0.15, 0.2) is 0 Å². The molecule has 0 radical (unpaired) electrons. The largest absolute Gasteiger partial charge is 0.471 e. The average Bonchev–Trinajstić information content (AvgIpc) is 2.26. The van der Waals surface area contributed by atoms with Crippen molar-refractivity contribution in [2.45, 2.75) is 33.0 Å². The second-order valence-electron chi connectivity index (χ2n) is 5.04. The number of pyridine rings is 1. The third-order valence-electron chi connectivity index (χ3n) is 2.38. The average molecular weight is 231 g/mol. The molecule has 0 amide bonds. The molecule has 1 aromatic heterocycles. The minimum absolute atomic E-state index is 0.0493. The lowest BCUT2D eigenvalue weighted by molar-refractivity contribution is 0.126. The van der Waals surface area contributed by atoms with E-state index in [1.807, 2.05) is 45.0 Å². The van der Waals surface area contributed by atoms with Crippen LogP contribution in [0, 0.1) is 0 Å². The van der Waals surface area contributed by atoms with E-state index in [1.54, 1.807) is 6.20 Å². The normalized spacial score (nSPS) is 11.8. The summed E-state index contributed by atoms with van der Waals surface area (Å²) in [5, 5.41) is 11.1. The van der Waals surface area contributed by atoms with Crippen LogP contribution in [-0.2, 0) is 6.61 Å². The fourth-order valence-corrected chi connectivity index (χ4v) is 1.67. The molecule has 0 atom stereocenters. The molecule has 3 heteroatoms. The topological polar surface area (TPSA) is 42.4 Å². The molecule has 0 saturated heterocycles. The van der Waals surface area contributed by atoms with Gasteiger partial charge in [0.1, 0.15) is 5.60 Å². The Balaban J connectivity index is 2.51. The first-order valence-electron chi connectivity index (χ1n) is 5.67. The Bertz CT molecular complexity index is 529. The Hall–Kier alpha value is -1.61. The van der Waals surface area contributed by atoms with Crippen LogP contribution in [0.25, 0.3) is 10.8 Å². The minimum atomic E-state index is -0.267. The molecule has 1 aromatic carbocycles. The van der Waals surface area contributed by atoms with Crippen LogP contribution in [0.4, 0.5) is 0 Å². The number of aliphatic hydroxyl groups excluding tert-OH is 1. The van der Waals surface area contributed by atoms with E-state index in [4.69, 9.17) is 9.84 Å². The summed E-state index contributed by atoms with van der Waals surface area (Å²) >= 11 is 0. The molecule has 2 rings (SSSR count). The highest BCUT2D eigenvalue weighted by Gasteiger charge is 2.14. The molecule has 0 fully saturated rings. The third-order valence-corrected chi connectivity index (χ3v) is 2.38. The van der Waals surface area contributed by atoms with Crippen LogP contribution in [0.3, 0.4) is 0 Å². The van der Waals surface area contributed by atoms with Gasteiger partial charge in [0, 0.05) is 11.6 Å². The number of nitrogens with zero attached hydrogens (tertiary/aromatic N) is 1. The molecule has 1 heterocycles. The first-order chi connectivity index (χ1) is 7.99. The fraction of sp³-hybridized carbons (Fsp3) is 0.357. The van der Waals surface area contributed by atoms with E-state index in [2.05, 4.69) is 4.98 Å². The zero-order valence-corrected chi connectivity index (χ0v) is 10.4. The summed E-state index contributed by atoms with van der Waals surface area (Å²) in [5.74, 6) is 0.638. The predicted molar refractivity (Wildman–Crippen MR) is 68.0 cm³/mol. The minimum Gasteiger partial charge on any atom is -0.471 e. The number of hydrogen-bond donors (Lipinski definition) is 1. The summed E-state index contributed by atoms with van der Waals surface area (Å²) in [5.41, 5.74) is 0.627. The van der Waals surface area contributed by atoms with Crippen LogP contribution >= 0.6 is 0 Å². The number of hydrogen-bond acceptors (Lipinski definition) is 3. The van der Waals surface area contributed by atoms with Gasteiger partial charge in [-0.3, -0.25) is 0 Å². The standard InChI is InChI=1S/C14H17NO2/c1-14(2,3)17-13-12-5-4-10(9-16)8-11(12)6-7-15-13/h4-8,16H,9H2,1-3H3. The molecule has 0 spiro atoms. The maximum absolute atomic E-state index is 9.11. The Morgan fingerprint density at radius 3 is 2.65 bits per heavy atom. The van der Waals surface area contributed by atoms with Crippen LogP contribution in [0.5, 0.6) is 5.88 Å². The second-order valence-corrected chi connectivity index (χ2v) is 5.04. The van der Waals surface area contributed by atoms with Gasteiger partial charge >= 0.3 is 0 Å². The molecular formula is C14H17NO2. The van der Waals surface area contributed by atoms with Gasteiger partial charge in [0.25, 0.3) is 0 Å². The number of ether oxygens (including phenoxy) is 1. The molecule has 0 aliphatic heterocycles. The van der Waals surface area contributed by atoms with Crippen molar-refractivity contribution in [3.63, 3.8) is 0 Å². The van der Waals surface area contributed by atoms with Crippen LogP contribution < -0.4 is 4.74 Å². The van der Waals surface area contributed by atoms with E-state index in [1.165, 1.54) is 0 Å². The zero-order valence-electron chi connectivity index (χ0n) is 10.4. The van der Waals surface area contributed by atoms with Crippen molar-refractivity contribution < 1.29 is 9.84 Å². The first-order valence-corrected chi connectivity index (χ1v) is 5.67. The highest BCUT2D eigenvalue weighted by molar-refractivity contribution is 5.87. The summed E-state index contributed by atoms with van der Waals surface area (Å²) in [6, 6.07) is 7.70. The van der Waals surface area contributed by atoms with E-state index in [0.717, 1.165) is 16.3 Å². The van der Waals surface area contributed by atoms with E-state index in [-0.39, 0.29) is 12.2 Å². The van der Waals surface area contributed by atoms with Crippen LogP contribution in [-0.4, -0.2) is 15.7 Å². The van der Waals surface area contributed by atoms with E-state index in [9.17, 15) is 0 Å². The summed E-state index contributed by atoms with van der Waals surface area (Å²) < 4.78 is 5.81. The number of aliphatic hydroxyl groups is 1. The fourth-order valence-electron chi connectivity index (χ4n) is 1.67. The predicted octanol–water partition coefficient (Wildman–Crippen LogP) is 2.90. The van der Waals surface area contributed by atoms with Gasteiger partial charge in [0.05, 0.1) is 6.61 Å².